The molecule has 0 radical (unpaired) electrons. The topological polar surface area (TPSA) is 34.1 Å². The summed E-state index contributed by atoms with van der Waals surface area (Å²) in [5, 5.41) is 0. The average molecular weight is 159 g/mol. The van der Waals surface area contributed by atoms with Crippen molar-refractivity contribution in [2.24, 2.45) is 0 Å². The summed E-state index contributed by atoms with van der Waals surface area (Å²) in [6.45, 7) is 0. The van der Waals surface area contributed by atoms with Crippen LogP contribution in [-0.2, 0) is 28.4 Å². The van der Waals surface area contributed by atoms with Gasteiger partial charge in [-0.25, -0.2) is 0 Å². The molecular formula is MoO2P. The number of hydrogen-bond donors (Lipinski definition) is 0. The van der Waals surface area contributed by atoms with Gasteiger partial charge in [-0.3, -0.25) is 0 Å². The number of hydrogen-bond acceptors (Lipinski definition) is 2. The first-order valence-electron chi connectivity index (χ1n) is 0.548. The van der Waals surface area contributed by atoms with Gasteiger partial charge < -0.3 is 0 Å². The Morgan fingerprint density at radius 1 is 1.50 bits per heavy atom. The van der Waals surface area contributed by atoms with Crippen LogP contribution >= 0.6 is 5.77 Å². The minimum atomic E-state index is -2.11. The first kappa shape index (κ1) is 4.59. The molecule has 0 fully saturated rings. The summed E-state index contributed by atoms with van der Waals surface area (Å²) in [5.41, 5.74) is 0. The molecule has 0 bridgehead atoms. The van der Waals surface area contributed by atoms with Crippen LogP contribution in [-0.4, -0.2) is 0 Å². The van der Waals surface area contributed by atoms with Crippen molar-refractivity contribution in [3.05, 3.63) is 0 Å². The summed E-state index contributed by atoms with van der Waals surface area (Å²) in [6, 6.07) is 0. The Morgan fingerprint density at radius 3 is 1.50 bits per heavy atom. The molecule has 0 rings (SSSR count). The van der Waals surface area contributed by atoms with Gasteiger partial charge in [0.05, 0.1) is 0 Å². The van der Waals surface area contributed by atoms with Crippen LogP contribution in [0.4, 0.5) is 0 Å². The Kier molecular flexibility index (Phi) is 2.14. The second-order valence-corrected chi connectivity index (χ2v) is 2.87. The quantitative estimate of drug-likeness (QED) is 0.383. The molecule has 0 aromatic carbocycles. The van der Waals surface area contributed by atoms with Crippen LogP contribution in [0.1, 0.15) is 0 Å². The fraction of sp³-hybridized carbons (Fsp3) is 0. The Balaban J connectivity index is 3.51. The van der Waals surface area contributed by atoms with E-state index in [9.17, 15) is 0 Å². The SMILES string of the molecule is O=[P](=O)[Mo]. The van der Waals surface area contributed by atoms with Crippen LogP contribution in [0.25, 0.3) is 0 Å². The molecule has 4 heteroatoms. The molecule has 0 aliphatic heterocycles. The van der Waals surface area contributed by atoms with Crippen molar-refractivity contribution in [1.82, 2.24) is 0 Å². The van der Waals surface area contributed by atoms with Crippen LogP contribution in [0.5, 0.6) is 0 Å². The zero-order chi connectivity index (χ0) is 3.58. The summed E-state index contributed by atoms with van der Waals surface area (Å²) in [7, 11) is 0. The Morgan fingerprint density at radius 2 is 1.50 bits per heavy atom. The molecular weight excluding hydrogens is 159 g/mol. The third kappa shape index (κ3) is 18.9. The molecule has 23 valence electrons. The fourth-order valence-electron chi connectivity index (χ4n) is 0. The van der Waals surface area contributed by atoms with Crippen molar-refractivity contribution in [2.75, 3.05) is 0 Å². The predicted molar refractivity (Wildman–Crippen MR) is 8.29 cm³/mol. The second kappa shape index (κ2) is 1.87. The first-order valence-corrected chi connectivity index (χ1v) is 4.34. The van der Waals surface area contributed by atoms with Gasteiger partial charge in [0.1, 0.15) is 0 Å². The first-order chi connectivity index (χ1) is 1.73. The van der Waals surface area contributed by atoms with Crippen LogP contribution < -0.4 is 0 Å². The fourth-order valence-corrected chi connectivity index (χ4v) is 0. The maximum atomic E-state index is 9.04. The van der Waals surface area contributed by atoms with E-state index in [-0.39, 0.29) is 0 Å². The van der Waals surface area contributed by atoms with E-state index < -0.39 is 5.77 Å². The predicted octanol–water partition coefficient (Wildman–Crippen LogP) is 0.621. The van der Waals surface area contributed by atoms with E-state index in [1.54, 1.807) is 0 Å². The van der Waals surface area contributed by atoms with E-state index in [0.29, 0.717) is 0 Å². The van der Waals surface area contributed by atoms with Gasteiger partial charge in [0.25, 0.3) is 0 Å². The van der Waals surface area contributed by atoms with Crippen molar-refractivity contribution in [2.45, 2.75) is 0 Å². The van der Waals surface area contributed by atoms with Gasteiger partial charge in [-0.15, -0.1) is 0 Å². The molecule has 0 N–H and O–H groups in total. The zero-order valence-electron chi connectivity index (χ0n) is 1.67. The third-order valence-electron chi connectivity index (χ3n) is 0. The standard InChI is InChI=1S/Mo.O2P/c;1-3-2. The van der Waals surface area contributed by atoms with E-state index in [2.05, 4.69) is 0 Å². The Hall–Kier alpha value is 0.588. The van der Waals surface area contributed by atoms with Gasteiger partial charge in [0.2, 0.25) is 0 Å². The van der Waals surface area contributed by atoms with Crippen molar-refractivity contribution in [3.8, 4) is 0 Å². The van der Waals surface area contributed by atoms with Crippen LogP contribution in [0.3, 0.4) is 0 Å². The second-order valence-electron chi connectivity index (χ2n) is 0.224. The summed E-state index contributed by atoms with van der Waals surface area (Å²) in [6.07, 6.45) is 0. The molecule has 4 heavy (non-hydrogen) atoms. The van der Waals surface area contributed by atoms with Gasteiger partial charge >= 0.3 is 34.2 Å². The summed E-state index contributed by atoms with van der Waals surface area (Å²) < 4.78 is 18.1. The third-order valence-corrected chi connectivity index (χ3v) is 0. The summed E-state index contributed by atoms with van der Waals surface area (Å²) in [4.78, 5) is 0. The summed E-state index contributed by atoms with van der Waals surface area (Å²) >= 11 is 1.06. The van der Waals surface area contributed by atoms with Gasteiger partial charge in [-0.2, -0.15) is 0 Å². The van der Waals surface area contributed by atoms with Gasteiger partial charge in [-0.1, -0.05) is 0 Å². The van der Waals surface area contributed by atoms with E-state index in [4.69, 9.17) is 9.13 Å². The molecule has 0 spiro atoms. The summed E-state index contributed by atoms with van der Waals surface area (Å²) in [5.74, 6) is -2.11. The molecule has 0 atom stereocenters. The van der Waals surface area contributed by atoms with Gasteiger partial charge in [0.15, 0.2) is 0 Å². The molecule has 0 saturated carbocycles. The Labute approximate surface area is 34.8 Å². The minimum absolute atomic E-state index is 1.06. The van der Waals surface area contributed by atoms with E-state index in [1.165, 1.54) is 0 Å². The molecule has 0 amide bonds. The molecule has 0 aliphatic carbocycles. The van der Waals surface area contributed by atoms with E-state index in [0.717, 1.165) is 19.3 Å². The monoisotopic (exact) mass is 161 g/mol. The molecule has 0 saturated heterocycles. The normalized spacial score (nSPS) is 6.00. The average Bonchev–Trinajstić information content (AvgIpc) is 0.811. The Bertz CT molecular complexity index is 54.4. The van der Waals surface area contributed by atoms with Crippen molar-refractivity contribution >= 4 is 5.77 Å². The zero-order valence-corrected chi connectivity index (χ0v) is 4.57. The molecule has 2 nitrogen and oxygen atoms in total. The molecule has 0 aliphatic rings. The van der Waals surface area contributed by atoms with Crippen molar-refractivity contribution in [3.63, 3.8) is 0 Å². The molecule has 0 aromatic rings. The van der Waals surface area contributed by atoms with Crippen LogP contribution in [0.15, 0.2) is 0 Å². The van der Waals surface area contributed by atoms with Gasteiger partial charge in [-0.05, 0) is 0 Å². The molecule has 0 aromatic heterocycles. The van der Waals surface area contributed by atoms with Gasteiger partial charge in [0, 0.05) is 0 Å². The maximum absolute atomic E-state index is 9.04. The molecule has 0 unspecified atom stereocenters. The van der Waals surface area contributed by atoms with Crippen molar-refractivity contribution < 1.29 is 28.4 Å². The molecule has 0 heterocycles. The van der Waals surface area contributed by atoms with Crippen LogP contribution in [0, 0.1) is 0 Å². The van der Waals surface area contributed by atoms with E-state index in [1.807, 2.05) is 0 Å². The van der Waals surface area contributed by atoms with E-state index >= 15 is 0 Å². The number of rotatable bonds is 0. The van der Waals surface area contributed by atoms with Crippen molar-refractivity contribution in [1.29, 1.82) is 0 Å². The van der Waals surface area contributed by atoms with Crippen LogP contribution in [0.2, 0.25) is 0 Å².